The van der Waals surface area contributed by atoms with Crippen molar-refractivity contribution in [3.63, 3.8) is 0 Å². The highest BCUT2D eigenvalue weighted by atomic mass is 15.1. The average Bonchev–Trinajstić information content (AvgIpc) is 2.83. The molecule has 3 unspecified atom stereocenters. The molecule has 1 heteroatoms. The van der Waals surface area contributed by atoms with Gasteiger partial charge in [0.05, 0.1) is 0 Å². The van der Waals surface area contributed by atoms with E-state index in [2.05, 4.69) is 31.0 Å². The standard InChI is InChI=1S/C12H17N/c1-3-5-6-7-9-10-8-12(10)13-11(9)4-2/h3,5-7,10-13H,1,4,8H2,2H3/b6-5-,9-7-. The van der Waals surface area contributed by atoms with Crippen molar-refractivity contribution in [1.82, 2.24) is 5.32 Å². The molecule has 1 aliphatic carbocycles. The molecular weight excluding hydrogens is 158 g/mol. The molecule has 0 bridgehead atoms. The van der Waals surface area contributed by atoms with Gasteiger partial charge in [0.2, 0.25) is 0 Å². The normalized spacial score (nSPS) is 39.8. The van der Waals surface area contributed by atoms with Crippen LogP contribution in [-0.2, 0) is 0 Å². The zero-order valence-corrected chi connectivity index (χ0v) is 8.16. The van der Waals surface area contributed by atoms with Crippen molar-refractivity contribution in [3.05, 3.63) is 36.5 Å². The van der Waals surface area contributed by atoms with Crippen LogP contribution in [-0.4, -0.2) is 12.1 Å². The van der Waals surface area contributed by atoms with Crippen molar-refractivity contribution in [2.75, 3.05) is 0 Å². The second-order valence-electron chi connectivity index (χ2n) is 3.86. The number of hydrogen-bond donors (Lipinski definition) is 1. The third-order valence-electron chi connectivity index (χ3n) is 2.98. The van der Waals surface area contributed by atoms with E-state index < -0.39 is 0 Å². The molecule has 2 rings (SSSR count). The highest BCUT2D eigenvalue weighted by Gasteiger charge is 2.48. The molecule has 1 N–H and O–H groups in total. The van der Waals surface area contributed by atoms with Gasteiger partial charge < -0.3 is 5.32 Å². The van der Waals surface area contributed by atoms with Crippen LogP contribution < -0.4 is 5.32 Å². The summed E-state index contributed by atoms with van der Waals surface area (Å²) in [5, 5.41) is 3.63. The fraction of sp³-hybridized carbons (Fsp3) is 0.500. The number of rotatable bonds is 3. The summed E-state index contributed by atoms with van der Waals surface area (Å²) in [4.78, 5) is 0. The zero-order chi connectivity index (χ0) is 9.26. The van der Waals surface area contributed by atoms with Gasteiger partial charge in [0.15, 0.2) is 0 Å². The van der Waals surface area contributed by atoms with Crippen molar-refractivity contribution in [3.8, 4) is 0 Å². The molecule has 0 aromatic heterocycles. The van der Waals surface area contributed by atoms with Crippen LogP contribution in [0.4, 0.5) is 0 Å². The molecule has 1 saturated carbocycles. The van der Waals surface area contributed by atoms with Crippen LogP contribution in [0.1, 0.15) is 19.8 Å². The van der Waals surface area contributed by atoms with Crippen molar-refractivity contribution in [1.29, 1.82) is 0 Å². The molecule has 0 radical (unpaired) electrons. The molecule has 0 aromatic carbocycles. The largest absolute Gasteiger partial charge is 0.307 e. The summed E-state index contributed by atoms with van der Waals surface area (Å²) in [6.07, 6.45) is 10.7. The number of nitrogens with one attached hydrogen (secondary N) is 1. The number of fused-ring (bicyclic) bond motifs is 1. The topological polar surface area (TPSA) is 12.0 Å². The SMILES string of the molecule is C=C/C=C\C=C1/C(CC)NC2CC12. The van der Waals surface area contributed by atoms with E-state index in [-0.39, 0.29) is 0 Å². The molecule has 1 aliphatic heterocycles. The molecule has 2 aliphatic rings. The van der Waals surface area contributed by atoms with Crippen molar-refractivity contribution in [2.24, 2.45) is 5.92 Å². The molecule has 0 amide bonds. The summed E-state index contributed by atoms with van der Waals surface area (Å²) in [6.45, 7) is 5.91. The van der Waals surface area contributed by atoms with Crippen LogP contribution in [0.25, 0.3) is 0 Å². The molecule has 1 saturated heterocycles. The molecule has 2 fully saturated rings. The van der Waals surface area contributed by atoms with E-state index in [0.29, 0.717) is 6.04 Å². The molecule has 3 atom stereocenters. The third-order valence-corrected chi connectivity index (χ3v) is 2.98. The summed E-state index contributed by atoms with van der Waals surface area (Å²) in [6, 6.07) is 1.44. The Bertz CT molecular complexity index is 262. The molecule has 0 aromatic rings. The summed E-state index contributed by atoms with van der Waals surface area (Å²) in [5.74, 6) is 0.847. The monoisotopic (exact) mass is 175 g/mol. The van der Waals surface area contributed by atoms with Crippen LogP contribution in [0.15, 0.2) is 36.5 Å². The van der Waals surface area contributed by atoms with Crippen LogP contribution >= 0.6 is 0 Å². The van der Waals surface area contributed by atoms with Crippen LogP contribution in [0.3, 0.4) is 0 Å². The Balaban J connectivity index is 2.06. The lowest BCUT2D eigenvalue weighted by atomic mass is 10.0. The van der Waals surface area contributed by atoms with Crippen LogP contribution in [0, 0.1) is 5.92 Å². The third kappa shape index (κ3) is 1.61. The molecule has 70 valence electrons. The molecule has 13 heavy (non-hydrogen) atoms. The zero-order valence-electron chi connectivity index (χ0n) is 8.16. The summed E-state index contributed by atoms with van der Waals surface area (Å²) < 4.78 is 0. The fourth-order valence-corrected chi connectivity index (χ4v) is 2.20. The van der Waals surface area contributed by atoms with Gasteiger partial charge in [-0.15, -0.1) is 0 Å². The second-order valence-corrected chi connectivity index (χ2v) is 3.86. The first kappa shape index (κ1) is 8.76. The number of allylic oxidation sites excluding steroid dienone is 4. The summed E-state index contributed by atoms with van der Waals surface area (Å²) >= 11 is 0. The highest BCUT2D eigenvalue weighted by molar-refractivity contribution is 5.33. The van der Waals surface area contributed by atoms with Gasteiger partial charge in [0, 0.05) is 12.1 Å². The molecule has 0 spiro atoms. The predicted octanol–water partition coefficient (Wildman–Crippen LogP) is 2.43. The van der Waals surface area contributed by atoms with Gasteiger partial charge in [-0.1, -0.05) is 37.8 Å². The van der Waals surface area contributed by atoms with Crippen molar-refractivity contribution < 1.29 is 0 Å². The Kier molecular flexibility index (Phi) is 2.36. The van der Waals surface area contributed by atoms with E-state index in [1.165, 1.54) is 12.8 Å². The Labute approximate surface area is 80.2 Å². The predicted molar refractivity (Wildman–Crippen MR) is 56.5 cm³/mol. The molecule has 1 heterocycles. The van der Waals surface area contributed by atoms with Gasteiger partial charge in [0.25, 0.3) is 0 Å². The lowest BCUT2D eigenvalue weighted by molar-refractivity contribution is 0.595. The summed E-state index contributed by atoms with van der Waals surface area (Å²) in [7, 11) is 0. The average molecular weight is 175 g/mol. The minimum Gasteiger partial charge on any atom is -0.307 e. The first-order chi connectivity index (χ1) is 6.36. The van der Waals surface area contributed by atoms with Gasteiger partial charge in [-0.25, -0.2) is 0 Å². The number of hydrogen-bond acceptors (Lipinski definition) is 1. The minimum atomic E-state index is 0.637. The first-order valence-corrected chi connectivity index (χ1v) is 5.12. The van der Waals surface area contributed by atoms with Gasteiger partial charge in [-0.05, 0) is 24.3 Å². The van der Waals surface area contributed by atoms with Gasteiger partial charge in [-0.2, -0.15) is 0 Å². The Morgan fingerprint density at radius 1 is 1.54 bits per heavy atom. The van der Waals surface area contributed by atoms with Gasteiger partial charge in [0.1, 0.15) is 0 Å². The van der Waals surface area contributed by atoms with E-state index in [9.17, 15) is 0 Å². The highest BCUT2D eigenvalue weighted by Crippen LogP contribution is 2.45. The van der Waals surface area contributed by atoms with E-state index in [1.807, 2.05) is 12.2 Å². The first-order valence-electron chi connectivity index (χ1n) is 5.12. The lowest BCUT2D eigenvalue weighted by Crippen LogP contribution is -2.25. The van der Waals surface area contributed by atoms with E-state index >= 15 is 0 Å². The van der Waals surface area contributed by atoms with Crippen molar-refractivity contribution in [2.45, 2.75) is 31.8 Å². The van der Waals surface area contributed by atoms with E-state index in [0.717, 1.165) is 12.0 Å². The van der Waals surface area contributed by atoms with Gasteiger partial charge in [-0.3, -0.25) is 0 Å². The van der Waals surface area contributed by atoms with E-state index in [1.54, 1.807) is 5.57 Å². The van der Waals surface area contributed by atoms with Crippen LogP contribution in [0.2, 0.25) is 0 Å². The Hall–Kier alpha value is -0.820. The Morgan fingerprint density at radius 2 is 2.38 bits per heavy atom. The van der Waals surface area contributed by atoms with Crippen molar-refractivity contribution >= 4 is 0 Å². The molecular formula is C12H17N. The van der Waals surface area contributed by atoms with E-state index in [4.69, 9.17) is 0 Å². The maximum Gasteiger partial charge on any atom is 0.0286 e. The van der Waals surface area contributed by atoms with Crippen LogP contribution in [0.5, 0.6) is 0 Å². The Morgan fingerprint density at radius 3 is 3.08 bits per heavy atom. The minimum absolute atomic E-state index is 0.637. The summed E-state index contributed by atoms with van der Waals surface area (Å²) in [5.41, 5.74) is 1.60. The second kappa shape index (κ2) is 3.51. The maximum absolute atomic E-state index is 3.66. The fourth-order valence-electron chi connectivity index (χ4n) is 2.20. The van der Waals surface area contributed by atoms with Gasteiger partial charge >= 0.3 is 0 Å². The number of piperidine rings is 1. The maximum atomic E-state index is 3.66. The molecule has 1 nitrogen and oxygen atoms in total. The smallest absolute Gasteiger partial charge is 0.0286 e. The lowest BCUT2D eigenvalue weighted by Gasteiger charge is -2.12. The quantitative estimate of drug-likeness (QED) is 0.650.